The van der Waals surface area contributed by atoms with E-state index in [1.54, 1.807) is 0 Å². The summed E-state index contributed by atoms with van der Waals surface area (Å²) in [4.78, 5) is 25.9. The van der Waals surface area contributed by atoms with Gasteiger partial charge in [-0.1, -0.05) is 18.2 Å². The second kappa shape index (κ2) is 9.82. The number of H-pyrrole nitrogens is 1. The number of ether oxygens (including phenoxy) is 1. The first-order valence-corrected chi connectivity index (χ1v) is 12.2. The molecule has 1 aliphatic rings. The minimum absolute atomic E-state index is 0.0149. The van der Waals surface area contributed by atoms with Crippen molar-refractivity contribution in [3.8, 4) is 5.75 Å². The molecule has 4 heterocycles. The summed E-state index contributed by atoms with van der Waals surface area (Å²) in [6.07, 6.45) is 6.66. The molecule has 0 radical (unpaired) electrons. The number of piperidine rings is 1. The van der Waals surface area contributed by atoms with Crippen molar-refractivity contribution in [2.45, 2.75) is 25.4 Å². The number of anilines is 2. The van der Waals surface area contributed by atoms with Crippen molar-refractivity contribution in [1.29, 1.82) is 0 Å². The number of hydrogen-bond acceptors (Lipinski definition) is 7. The van der Waals surface area contributed by atoms with E-state index in [-0.39, 0.29) is 5.91 Å². The van der Waals surface area contributed by atoms with E-state index in [4.69, 9.17) is 16.3 Å². The van der Waals surface area contributed by atoms with Gasteiger partial charge in [0.25, 0.3) is 0 Å². The second-order valence-electron chi connectivity index (χ2n) is 8.04. The number of aromatic nitrogens is 4. The number of fused-ring (bicyclic) bond motifs is 1. The fourth-order valence-corrected chi connectivity index (χ4v) is 5.00. The predicted molar refractivity (Wildman–Crippen MR) is 134 cm³/mol. The maximum absolute atomic E-state index is 11.9. The number of aromatic amines is 1. The van der Waals surface area contributed by atoms with Crippen molar-refractivity contribution in [1.82, 2.24) is 24.2 Å². The van der Waals surface area contributed by atoms with E-state index >= 15 is 0 Å². The van der Waals surface area contributed by atoms with Gasteiger partial charge in [-0.2, -0.15) is 4.37 Å². The molecule has 1 aromatic carbocycles. The Bertz CT molecular complexity index is 1310. The van der Waals surface area contributed by atoms with Crippen molar-refractivity contribution >= 4 is 51.6 Å². The van der Waals surface area contributed by atoms with Crippen LogP contribution in [0.25, 0.3) is 11.0 Å². The molecule has 1 aliphatic heterocycles. The Kier molecular flexibility index (Phi) is 6.46. The van der Waals surface area contributed by atoms with Gasteiger partial charge in [-0.25, -0.2) is 9.97 Å². The third-order valence-corrected chi connectivity index (χ3v) is 6.88. The Morgan fingerprint density at radius 3 is 2.91 bits per heavy atom. The maximum atomic E-state index is 11.9. The molecule has 174 valence electrons. The molecule has 1 saturated heterocycles. The first kappa shape index (κ1) is 22.4. The highest BCUT2D eigenvalue weighted by Gasteiger charge is 2.26. The summed E-state index contributed by atoms with van der Waals surface area (Å²) in [5.74, 6) is 1.59. The van der Waals surface area contributed by atoms with Gasteiger partial charge in [0.1, 0.15) is 30.1 Å². The quantitative estimate of drug-likeness (QED) is 0.339. The van der Waals surface area contributed by atoms with Gasteiger partial charge in [0.05, 0.1) is 16.1 Å². The molecular weight excluding hydrogens is 472 g/mol. The summed E-state index contributed by atoms with van der Waals surface area (Å²) < 4.78 is 10.0. The summed E-state index contributed by atoms with van der Waals surface area (Å²) in [5.41, 5.74) is 3.58. The number of hydrogen-bond donors (Lipinski definition) is 2. The van der Waals surface area contributed by atoms with Gasteiger partial charge >= 0.3 is 0 Å². The lowest BCUT2D eigenvalue weighted by Crippen LogP contribution is -2.36. The molecule has 0 spiro atoms. The average molecular weight is 495 g/mol. The molecule has 3 aromatic heterocycles. The van der Waals surface area contributed by atoms with Crippen molar-refractivity contribution in [2.75, 3.05) is 18.4 Å². The van der Waals surface area contributed by atoms with E-state index in [9.17, 15) is 4.79 Å². The highest BCUT2D eigenvalue weighted by Crippen LogP contribution is 2.37. The molecule has 8 nitrogen and oxygen atoms in total. The summed E-state index contributed by atoms with van der Waals surface area (Å²) >= 11 is 7.87. The van der Waals surface area contributed by atoms with E-state index < -0.39 is 0 Å². The SMILES string of the molecule is C=CC(=O)N1CCC(c2c[nH]c3ncnc(Nc4ccc(OCc5ccsn5)c(Cl)c4)c23)CC1. The lowest BCUT2D eigenvalue weighted by Gasteiger charge is -2.31. The van der Waals surface area contributed by atoms with E-state index in [0.717, 1.165) is 40.8 Å². The number of halogens is 1. The molecule has 0 aliphatic carbocycles. The van der Waals surface area contributed by atoms with Gasteiger partial charge in [-0.15, -0.1) is 0 Å². The molecule has 0 atom stereocenters. The van der Waals surface area contributed by atoms with Crippen molar-refractivity contribution in [3.63, 3.8) is 0 Å². The maximum Gasteiger partial charge on any atom is 0.245 e. The predicted octanol–water partition coefficient (Wildman–Crippen LogP) is 5.28. The molecule has 1 amide bonds. The average Bonchev–Trinajstić information content (AvgIpc) is 3.54. The van der Waals surface area contributed by atoms with Crippen LogP contribution in [-0.2, 0) is 11.4 Å². The number of nitrogens with zero attached hydrogens (tertiary/aromatic N) is 4. The van der Waals surface area contributed by atoms with E-state index in [0.29, 0.717) is 42.2 Å². The van der Waals surface area contributed by atoms with Crippen LogP contribution in [0.5, 0.6) is 5.75 Å². The number of carbonyl (C=O) groups is 1. The normalized spacial score (nSPS) is 14.3. The monoisotopic (exact) mass is 494 g/mol. The number of benzene rings is 1. The van der Waals surface area contributed by atoms with Crippen LogP contribution < -0.4 is 10.1 Å². The summed E-state index contributed by atoms with van der Waals surface area (Å²) in [5, 5.41) is 6.75. The van der Waals surface area contributed by atoms with Gasteiger partial charge in [0.2, 0.25) is 5.91 Å². The number of likely N-dealkylation sites (tertiary alicyclic amines) is 1. The Morgan fingerprint density at radius 2 is 2.18 bits per heavy atom. The first-order valence-electron chi connectivity index (χ1n) is 10.9. The number of rotatable bonds is 7. The summed E-state index contributed by atoms with van der Waals surface area (Å²) in [6, 6.07) is 7.48. The number of amides is 1. The molecule has 4 aromatic rings. The molecule has 0 unspecified atom stereocenters. The first-order chi connectivity index (χ1) is 16.6. The van der Waals surface area contributed by atoms with E-state index in [1.165, 1.54) is 23.9 Å². The van der Waals surface area contributed by atoms with Gasteiger partial charge in [0.15, 0.2) is 0 Å². The fourth-order valence-electron chi connectivity index (χ4n) is 4.24. The van der Waals surface area contributed by atoms with Crippen LogP contribution in [0.1, 0.15) is 30.0 Å². The summed E-state index contributed by atoms with van der Waals surface area (Å²) in [7, 11) is 0. The summed E-state index contributed by atoms with van der Waals surface area (Å²) in [6.45, 7) is 5.37. The Balaban J connectivity index is 1.34. The lowest BCUT2D eigenvalue weighted by molar-refractivity contribution is -0.127. The molecule has 0 bridgehead atoms. The standard InChI is InChI=1S/C24H23ClN6O2S/c1-2-21(32)31-8-5-15(6-9-31)18-12-26-23-22(18)24(28-14-27-23)29-16-3-4-20(19(25)11-16)33-13-17-7-10-34-30-17/h2-4,7,10-12,14-15H,1,5-6,8-9,13H2,(H2,26,27,28,29). The third kappa shape index (κ3) is 4.62. The fraction of sp³-hybridized carbons (Fsp3) is 0.250. The Labute approximate surface area is 205 Å². The van der Waals surface area contributed by atoms with E-state index in [1.807, 2.05) is 40.7 Å². The van der Waals surface area contributed by atoms with Crippen LogP contribution in [-0.4, -0.2) is 43.2 Å². The smallest absolute Gasteiger partial charge is 0.245 e. The number of nitrogens with one attached hydrogen (secondary N) is 2. The van der Waals surface area contributed by atoms with Crippen LogP contribution in [0, 0.1) is 0 Å². The Hall–Kier alpha value is -3.43. The topological polar surface area (TPSA) is 96.0 Å². The van der Waals surface area contributed by atoms with Crippen LogP contribution in [0.15, 0.2) is 54.8 Å². The van der Waals surface area contributed by atoms with Gasteiger partial charge in [0, 0.05) is 30.4 Å². The molecule has 1 fully saturated rings. The molecular formula is C24H23ClN6O2S. The molecule has 34 heavy (non-hydrogen) atoms. The highest BCUT2D eigenvalue weighted by atomic mass is 35.5. The zero-order valence-electron chi connectivity index (χ0n) is 18.3. The van der Waals surface area contributed by atoms with Crippen LogP contribution >= 0.6 is 23.1 Å². The Morgan fingerprint density at radius 1 is 1.32 bits per heavy atom. The van der Waals surface area contributed by atoms with Crippen molar-refractivity contribution < 1.29 is 9.53 Å². The zero-order valence-corrected chi connectivity index (χ0v) is 19.9. The van der Waals surface area contributed by atoms with Gasteiger partial charge < -0.3 is 19.9 Å². The van der Waals surface area contributed by atoms with Crippen molar-refractivity contribution in [2.24, 2.45) is 0 Å². The minimum atomic E-state index is -0.0149. The van der Waals surface area contributed by atoms with Crippen LogP contribution in [0.2, 0.25) is 5.02 Å². The lowest BCUT2D eigenvalue weighted by atomic mass is 9.89. The van der Waals surface area contributed by atoms with Crippen LogP contribution in [0.3, 0.4) is 0 Å². The van der Waals surface area contributed by atoms with E-state index in [2.05, 4.69) is 31.2 Å². The molecule has 0 saturated carbocycles. The zero-order chi connectivity index (χ0) is 23.5. The second-order valence-corrected chi connectivity index (χ2v) is 9.12. The molecule has 2 N–H and O–H groups in total. The third-order valence-electron chi connectivity index (χ3n) is 5.98. The molecule has 10 heteroatoms. The van der Waals surface area contributed by atoms with Gasteiger partial charge in [-0.05, 0) is 66.2 Å². The van der Waals surface area contributed by atoms with Crippen LogP contribution in [0.4, 0.5) is 11.5 Å². The minimum Gasteiger partial charge on any atom is -0.486 e. The highest BCUT2D eigenvalue weighted by molar-refractivity contribution is 7.03. The van der Waals surface area contributed by atoms with Gasteiger partial charge in [-0.3, -0.25) is 4.79 Å². The number of carbonyl (C=O) groups excluding carboxylic acids is 1. The molecule has 5 rings (SSSR count). The van der Waals surface area contributed by atoms with Crippen molar-refractivity contribution in [3.05, 3.63) is 71.1 Å². The largest absolute Gasteiger partial charge is 0.486 e.